The maximum Gasteiger partial charge on any atom is 0.332 e. The minimum absolute atomic E-state index is 0.341. The van der Waals surface area contributed by atoms with Gasteiger partial charge in [0.25, 0.3) is 5.56 Å². The predicted octanol–water partition coefficient (Wildman–Crippen LogP) is 0.181. The van der Waals surface area contributed by atoms with Crippen molar-refractivity contribution in [2.24, 2.45) is 14.1 Å². The molecule has 0 radical (unpaired) electrons. The number of nitrogens with zero attached hydrogens (tertiary/aromatic N) is 5. The zero-order valence-corrected chi connectivity index (χ0v) is 11.6. The summed E-state index contributed by atoms with van der Waals surface area (Å²) in [6.45, 7) is 6.26. The Morgan fingerprint density at radius 3 is 2.65 bits per heavy atom. The van der Waals surface area contributed by atoms with Crippen molar-refractivity contribution in [2.45, 2.75) is 13.5 Å². The zero-order valence-electron chi connectivity index (χ0n) is 11.6. The van der Waals surface area contributed by atoms with Gasteiger partial charge in [-0.3, -0.25) is 18.3 Å². The number of rotatable bonds is 2. The second-order valence-electron chi connectivity index (χ2n) is 4.83. The Hall–Kier alpha value is -2.57. The van der Waals surface area contributed by atoms with Crippen molar-refractivity contribution in [1.82, 2.24) is 23.1 Å². The van der Waals surface area contributed by atoms with E-state index in [2.05, 4.69) is 11.6 Å². The largest absolute Gasteiger partial charge is 0.332 e. The summed E-state index contributed by atoms with van der Waals surface area (Å²) in [6.07, 6.45) is 3.61. The average molecular weight is 273 g/mol. The lowest BCUT2D eigenvalue weighted by molar-refractivity contribution is 0.707. The van der Waals surface area contributed by atoms with Gasteiger partial charge in [0.05, 0.1) is 0 Å². The first kappa shape index (κ1) is 12.5. The summed E-state index contributed by atoms with van der Waals surface area (Å²) in [5, 5.41) is 0. The summed E-state index contributed by atoms with van der Waals surface area (Å²) in [5.74, 6) is 0.635. The van der Waals surface area contributed by atoms with Crippen LogP contribution in [0, 0.1) is 6.92 Å². The Kier molecular flexibility index (Phi) is 2.47. The van der Waals surface area contributed by atoms with Crippen molar-refractivity contribution in [1.29, 1.82) is 0 Å². The van der Waals surface area contributed by atoms with E-state index in [1.807, 2.05) is 17.7 Å². The van der Waals surface area contributed by atoms with Crippen molar-refractivity contribution in [3.8, 4) is 0 Å². The van der Waals surface area contributed by atoms with Gasteiger partial charge in [-0.2, -0.15) is 4.98 Å². The Bertz CT molecular complexity index is 967. The van der Waals surface area contributed by atoms with Crippen LogP contribution in [0.25, 0.3) is 16.9 Å². The maximum atomic E-state index is 12.3. The van der Waals surface area contributed by atoms with E-state index in [-0.39, 0.29) is 11.2 Å². The van der Waals surface area contributed by atoms with E-state index in [0.29, 0.717) is 23.5 Å². The smallest absolute Gasteiger partial charge is 0.310 e. The molecule has 0 bridgehead atoms. The number of aryl methyl sites for hydroxylation is 2. The van der Waals surface area contributed by atoms with Gasteiger partial charge in [0.15, 0.2) is 11.2 Å². The van der Waals surface area contributed by atoms with E-state index >= 15 is 0 Å². The fourth-order valence-corrected chi connectivity index (χ4v) is 2.48. The molecule has 0 aliphatic heterocycles. The van der Waals surface area contributed by atoms with E-state index in [1.165, 1.54) is 11.6 Å². The van der Waals surface area contributed by atoms with Crippen LogP contribution in [-0.2, 0) is 20.6 Å². The van der Waals surface area contributed by atoms with Crippen LogP contribution in [-0.4, -0.2) is 23.1 Å². The molecule has 3 aromatic heterocycles. The third kappa shape index (κ3) is 1.37. The molecule has 3 aromatic rings. The van der Waals surface area contributed by atoms with E-state index in [1.54, 1.807) is 17.5 Å². The first-order valence-corrected chi connectivity index (χ1v) is 6.22. The summed E-state index contributed by atoms with van der Waals surface area (Å²) >= 11 is 0. The fraction of sp³-hybridized carbons (Fsp3) is 0.308. The lowest BCUT2D eigenvalue weighted by Gasteiger charge is -2.02. The van der Waals surface area contributed by atoms with Gasteiger partial charge in [-0.1, -0.05) is 6.08 Å². The van der Waals surface area contributed by atoms with Crippen LogP contribution in [0.15, 0.2) is 28.4 Å². The van der Waals surface area contributed by atoms with Gasteiger partial charge in [-0.15, -0.1) is 6.58 Å². The molecule has 0 aliphatic rings. The Labute approximate surface area is 114 Å². The Morgan fingerprint density at radius 2 is 2.00 bits per heavy atom. The molecule has 0 saturated carbocycles. The molecule has 0 atom stereocenters. The SMILES string of the molecule is C=CCn1c(C)cn2c3c(=O)n(C)c(=O)n(C)c3nc12. The molecule has 0 aromatic carbocycles. The molecule has 104 valence electrons. The van der Waals surface area contributed by atoms with Gasteiger partial charge in [0.2, 0.25) is 5.78 Å². The van der Waals surface area contributed by atoms with Crippen LogP contribution < -0.4 is 11.2 Å². The highest BCUT2D eigenvalue weighted by Crippen LogP contribution is 2.15. The standard InChI is InChI=1S/C13H15N5O2/c1-5-6-17-8(2)7-18-9-10(14-12(17)18)15(3)13(20)16(4)11(9)19/h5,7H,1,6H2,2-4H3. The average Bonchev–Trinajstić information content (AvgIpc) is 2.92. The third-order valence-electron chi connectivity index (χ3n) is 3.57. The maximum absolute atomic E-state index is 12.3. The topological polar surface area (TPSA) is 66.2 Å². The molecule has 0 N–H and O–H groups in total. The highest BCUT2D eigenvalue weighted by Gasteiger charge is 2.18. The molecule has 0 saturated heterocycles. The lowest BCUT2D eigenvalue weighted by atomic mass is 10.5. The van der Waals surface area contributed by atoms with Gasteiger partial charge in [0.1, 0.15) is 0 Å². The van der Waals surface area contributed by atoms with Crippen LogP contribution in [0.2, 0.25) is 0 Å². The van der Waals surface area contributed by atoms with E-state index in [9.17, 15) is 9.59 Å². The quantitative estimate of drug-likeness (QED) is 0.626. The second-order valence-corrected chi connectivity index (χ2v) is 4.83. The van der Waals surface area contributed by atoms with Crippen LogP contribution in [0.3, 0.4) is 0 Å². The Balaban J connectivity index is 2.61. The minimum atomic E-state index is -0.379. The molecule has 3 heterocycles. The number of allylic oxidation sites excluding steroid dienone is 1. The van der Waals surface area contributed by atoms with Crippen molar-refractivity contribution in [3.63, 3.8) is 0 Å². The molecule has 0 amide bonds. The first-order chi connectivity index (χ1) is 9.47. The molecular weight excluding hydrogens is 258 g/mol. The summed E-state index contributed by atoms with van der Waals surface area (Å²) < 4.78 is 6.15. The molecule has 0 fully saturated rings. The van der Waals surface area contributed by atoms with Crippen molar-refractivity contribution >= 4 is 16.9 Å². The second kappa shape index (κ2) is 3.96. The first-order valence-electron chi connectivity index (χ1n) is 6.22. The van der Waals surface area contributed by atoms with Crippen molar-refractivity contribution in [2.75, 3.05) is 0 Å². The monoisotopic (exact) mass is 273 g/mol. The number of hydrogen-bond donors (Lipinski definition) is 0. The summed E-state index contributed by atoms with van der Waals surface area (Å²) in [5.41, 5.74) is 1.06. The van der Waals surface area contributed by atoms with Gasteiger partial charge in [0, 0.05) is 32.5 Å². The van der Waals surface area contributed by atoms with Crippen LogP contribution in [0.1, 0.15) is 5.69 Å². The van der Waals surface area contributed by atoms with Gasteiger partial charge in [-0.25, -0.2) is 4.79 Å². The fourth-order valence-electron chi connectivity index (χ4n) is 2.48. The molecule has 3 rings (SSSR count). The van der Waals surface area contributed by atoms with E-state index in [4.69, 9.17) is 0 Å². The normalized spacial score (nSPS) is 11.6. The number of fused-ring (bicyclic) bond motifs is 3. The highest BCUT2D eigenvalue weighted by atomic mass is 16.2. The van der Waals surface area contributed by atoms with Crippen molar-refractivity contribution in [3.05, 3.63) is 45.4 Å². The summed E-state index contributed by atoms with van der Waals surface area (Å²) in [6, 6.07) is 0. The molecule has 7 nitrogen and oxygen atoms in total. The molecule has 0 spiro atoms. The number of imidazole rings is 2. The molecular formula is C13H15N5O2. The van der Waals surface area contributed by atoms with Crippen molar-refractivity contribution < 1.29 is 0 Å². The van der Waals surface area contributed by atoms with Gasteiger partial charge < -0.3 is 4.57 Å². The van der Waals surface area contributed by atoms with Gasteiger partial charge in [-0.05, 0) is 6.92 Å². The molecule has 7 heteroatoms. The predicted molar refractivity (Wildman–Crippen MR) is 76.1 cm³/mol. The Morgan fingerprint density at radius 1 is 1.30 bits per heavy atom. The summed E-state index contributed by atoms with van der Waals surface area (Å²) in [7, 11) is 3.08. The van der Waals surface area contributed by atoms with E-state index in [0.717, 1.165) is 10.3 Å². The highest BCUT2D eigenvalue weighted by molar-refractivity contribution is 5.75. The molecule has 0 unspecified atom stereocenters. The summed E-state index contributed by atoms with van der Waals surface area (Å²) in [4.78, 5) is 28.7. The lowest BCUT2D eigenvalue weighted by Crippen LogP contribution is -2.37. The third-order valence-corrected chi connectivity index (χ3v) is 3.57. The van der Waals surface area contributed by atoms with Crippen LogP contribution in [0.5, 0.6) is 0 Å². The van der Waals surface area contributed by atoms with Crippen LogP contribution >= 0.6 is 0 Å². The zero-order chi connectivity index (χ0) is 14.6. The van der Waals surface area contributed by atoms with E-state index < -0.39 is 0 Å². The minimum Gasteiger partial charge on any atom is -0.310 e. The number of hydrogen-bond acceptors (Lipinski definition) is 3. The molecule has 20 heavy (non-hydrogen) atoms. The number of aromatic nitrogens is 5. The van der Waals surface area contributed by atoms with Gasteiger partial charge >= 0.3 is 5.69 Å². The van der Waals surface area contributed by atoms with Crippen LogP contribution in [0.4, 0.5) is 0 Å². The molecule has 0 aliphatic carbocycles.